The van der Waals surface area contributed by atoms with Crippen LogP contribution >= 0.6 is 23.1 Å². The number of aromatic nitrogens is 3. The van der Waals surface area contributed by atoms with Gasteiger partial charge in [0.25, 0.3) is 0 Å². The first kappa shape index (κ1) is 9.56. The van der Waals surface area contributed by atoms with Gasteiger partial charge in [0.15, 0.2) is 5.58 Å². The minimum atomic E-state index is 0.467. The summed E-state index contributed by atoms with van der Waals surface area (Å²) < 4.78 is 9.27. The second-order valence-electron chi connectivity index (χ2n) is 3.14. The lowest BCUT2D eigenvalue weighted by molar-refractivity contribution is 0.621. The highest BCUT2D eigenvalue weighted by atomic mass is 35.5. The Balaban J connectivity index is 2.23. The van der Waals surface area contributed by atoms with Crippen LogP contribution in [0.5, 0.6) is 0 Å². The van der Waals surface area contributed by atoms with Crippen molar-refractivity contribution in [3.05, 3.63) is 23.4 Å². The lowest BCUT2D eigenvalue weighted by atomic mass is 10.3. The van der Waals surface area contributed by atoms with Crippen LogP contribution in [0.2, 0.25) is 5.02 Å². The molecule has 0 bridgehead atoms. The topological polar surface area (TPSA) is 77.8 Å². The summed E-state index contributed by atoms with van der Waals surface area (Å²) in [4.78, 5) is 5.05. The van der Waals surface area contributed by atoms with Crippen LogP contribution in [0, 0.1) is 0 Å². The SMILES string of the molecule is Nc1cc2oc(-c3cnns3)nc2cc1Cl. The van der Waals surface area contributed by atoms with Crippen LogP contribution in [0.15, 0.2) is 22.7 Å². The van der Waals surface area contributed by atoms with E-state index in [1.54, 1.807) is 18.3 Å². The Kier molecular flexibility index (Phi) is 2.05. The summed E-state index contributed by atoms with van der Waals surface area (Å²) in [6.07, 6.45) is 1.60. The van der Waals surface area contributed by atoms with Crippen molar-refractivity contribution in [1.82, 2.24) is 14.6 Å². The lowest BCUT2D eigenvalue weighted by Gasteiger charge is -1.94. The van der Waals surface area contributed by atoms with Gasteiger partial charge < -0.3 is 10.2 Å². The predicted molar refractivity (Wildman–Crippen MR) is 62.3 cm³/mol. The fourth-order valence-electron chi connectivity index (χ4n) is 1.33. The molecule has 0 saturated carbocycles. The van der Waals surface area contributed by atoms with Gasteiger partial charge in [-0.2, -0.15) is 0 Å². The molecular formula is C9H5ClN4OS. The highest BCUT2D eigenvalue weighted by Crippen LogP contribution is 2.30. The van der Waals surface area contributed by atoms with Crippen LogP contribution in [0.3, 0.4) is 0 Å². The number of benzene rings is 1. The van der Waals surface area contributed by atoms with E-state index in [4.69, 9.17) is 21.8 Å². The number of nitrogens with zero attached hydrogens (tertiary/aromatic N) is 3. The van der Waals surface area contributed by atoms with Crippen molar-refractivity contribution in [1.29, 1.82) is 0 Å². The van der Waals surface area contributed by atoms with Gasteiger partial charge in [-0.1, -0.05) is 16.1 Å². The van der Waals surface area contributed by atoms with E-state index < -0.39 is 0 Å². The van der Waals surface area contributed by atoms with Crippen LogP contribution in [-0.2, 0) is 0 Å². The molecule has 7 heteroatoms. The first-order chi connectivity index (χ1) is 7.74. The molecule has 2 heterocycles. The predicted octanol–water partition coefficient (Wildman–Crippen LogP) is 2.58. The summed E-state index contributed by atoms with van der Waals surface area (Å²) >= 11 is 7.11. The molecule has 0 aliphatic heterocycles. The quantitative estimate of drug-likeness (QED) is 0.674. The van der Waals surface area contributed by atoms with Gasteiger partial charge in [0.2, 0.25) is 5.89 Å². The van der Waals surface area contributed by atoms with Crippen LogP contribution in [-0.4, -0.2) is 14.6 Å². The van der Waals surface area contributed by atoms with Gasteiger partial charge >= 0.3 is 0 Å². The number of hydrogen-bond acceptors (Lipinski definition) is 6. The molecule has 0 aliphatic carbocycles. The van der Waals surface area contributed by atoms with E-state index in [1.807, 2.05) is 0 Å². The molecule has 5 nitrogen and oxygen atoms in total. The number of nitrogen functional groups attached to an aromatic ring is 1. The monoisotopic (exact) mass is 252 g/mol. The minimum absolute atomic E-state index is 0.467. The average Bonchev–Trinajstić information content (AvgIpc) is 2.86. The second-order valence-corrected chi connectivity index (χ2v) is 4.34. The summed E-state index contributed by atoms with van der Waals surface area (Å²) in [6.45, 7) is 0. The molecular weight excluding hydrogens is 248 g/mol. The zero-order chi connectivity index (χ0) is 11.1. The molecule has 0 amide bonds. The van der Waals surface area contributed by atoms with Gasteiger partial charge in [0, 0.05) is 6.07 Å². The third-order valence-electron chi connectivity index (χ3n) is 2.08. The van der Waals surface area contributed by atoms with E-state index >= 15 is 0 Å². The van der Waals surface area contributed by atoms with Gasteiger partial charge in [0.05, 0.1) is 16.9 Å². The molecule has 0 aliphatic rings. The molecule has 3 rings (SSSR count). The van der Waals surface area contributed by atoms with Crippen LogP contribution in [0.4, 0.5) is 5.69 Å². The normalized spacial score (nSPS) is 11.1. The summed E-state index contributed by atoms with van der Waals surface area (Å²) in [5, 5.41) is 4.19. The zero-order valence-electron chi connectivity index (χ0n) is 7.85. The maximum absolute atomic E-state index is 5.89. The molecule has 16 heavy (non-hydrogen) atoms. The Bertz CT molecular complexity index is 610. The molecule has 0 spiro atoms. The fraction of sp³-hybridized carbons (Fsp3) is 0. The standard InChI is InChI=1S/C9H5ClN4OS/c10-4-1-6-7(2-5(4)11)15-9(13-6)8-3-12-14-16-8/h1-3H,11H2. The first-order valence-corrected chi connectivity index (χ1v) is 5.52. The van der Waals surface area contributed by atoms with Crippen molar-refractivity contribution < 1.29 is 4.42 Å². The van der Waals surface area contributed by atoms with Crippen molar-refractivity contribution in [2.45, 2.75) is 0 Å². The highest BCUT2D eigenvalue weighted by molar-refractivity contribution is 7.09. The number of hydrogen-bond donors (Lipinski definition) is 1. The van der Waals surface area contributed by atoms with Crippen LogP contribution in [0.1, 0.15) is 0 Å². The van der Waals surface area contributed by atoms with Gasteiger partial charge in [-0.3, -0.25) is 0 Å². The van der Waals surface area contributed by atoms with E-state index in [1.165, 1.54) is 11.5 Å². The maximum atomic E-state index is 5.89. The third-order valence-corrected chi connectivity index (χ3v) is 3.06. The Morgan fingerprint density at radius 3 is 3.00 bits per heavy atom. The van der Waals surface area contributed by atoms with Crippen molar-refractivity contribution in [2.75, 3.05) is 5.73 Å². The zero-order valence-corrected chi connectivity index (χ0v) is 9.42. The summed E-state index contributed by atoms with van der Waals surface area (Å²) in [6, 6.07) is 3.33. The van der Waals surface area contributed by atoms with Crippen molar-refractivity contribution >= 4 is 39.9 Å². The largest absolute Gasteiger partial charge is 0.435 e. The molecule has 1 aromatic carbocycles. The van der Waals surface area contributed by atoms with E-state index in [0.717, 1.165) is 4.88 Å². The molecule has 80 valence electrons. The highest BCUT2D eigenvalue weighted by Gasteiger charge is 2.11. The smallest absolute Gasteiger partial charge is 0.240 e. The van der Waals surface area contributed by atoms with Gasteiger partial charge in [-0.15, -0.1) is 5.10 Å². The Morgan fingerprint density at radius 2 is 2.25 bits per heavy atom. The molecule has 0 saturated heterocycles. The summed E-state index contributed by atoms with van der Waals surface area (Å²) in [5.41, 5.74) is 7.41. The first-order valence-electron chi connectivity index (χ1n) is 4.37. The van der Waals surface area contributed by atoms with E-state index in [2.05, 4.69) is 14.6 Å². The molecule has 0 radical (unpaired) electrons. The third kappa shape index (κ3) is 1.43. The number of oxazole rings is 1. The Labute approximate surface area is 99.0 Å². The lowest BCUT2D eigenvalue weighted by Crippen LogP contribution is -1.84. The van der Waals surface area contributed by atoms with E-state index in [9.17, 15) is 0 Å². The summed E-state index contributed by atoms with van der Waals surface area (Å²) in [5.74, 6) is 0.478. The molecule has 0 fully saturated rings. The molecule has 2 aromatic heterocycles. The number of rotatable bonds is 1. The maximum Gasteiger partial charge on any atom is 0.240 e. The average molecular weight is 253 g/mol. The number of halogens is 1. The Hall–Kier alpha value is -1.66. The van der Waals surface area contributed by atoms with Gasteiger partial charge in [-0.25, -0.2) is 4.98 Å². The second kappa shape index (κ2) is 3.43. The minimum Gasteiger partial charge on any atom is -0.435 e. The van der Waals surface area contributed by atoms with E-state index in [-0.39, 0.29) is 0 Å². The molecule has 2 N–H and O–H groups in total. The summed E-state index contributed by atoms with van der Waals surface area (Å²) in [7, 11) is 0. The Morgan fingerprint density at radius 1 is 1.38 bits per heavy atom. The molecule has 3 aromatic rings. The van der Waals surface area contributed by atoms with Crippen LogP contribution in [0.25, 0.3) is 21.9 Å². The fourth-order valence-corrected chi connectivity index (χ4v) is 1.93. The molecule has 0 atom stereocenters. The van der Waals surface area contributed by atoms with Gasteiger partial charge in [0.1, 0.15) is 10.4 Å². The van der Waals surface area contributed by atoms with E-state index in [0.29, 0.717) is 27.7 Å². The molecule has 0 unspecified atom stereocenters. The number of fused-ring (bicyclic) bond motifs is 1. The number of anilines is 1. The number of nitrogens with two attached hydrogens (primary N) is 1. The van der Waals surface area contributed by atoms with Crippen molar-refractivity contribution in [2.24, 2.45) is 0 Å². The van der Waals surface area contributed by atoms with Crippen molar-refractivity contribution in [3.8, 4) is 10.8 Å². The van der Waals surface area contributed by atoms with Crippen LogP contribution < -0.4 is 5.73 Å². The van der Waals surface area contributed by atoms with Crippen molar-refractivity contribution in [3.63, 3.8) is 0 Å². The van der Waals surface area contributed by atoms with Gasteiger partial charge in [-0.05, 0) is 17.6 Å².